The maximum atomic E-state index is 11.4. The predicted octanol–water partition coefficient (Wildman–Crippen LogP) is -1.17. The van der Waals surface area contributed by atoms with Crippen LogP contribution in [0.3, 0.4) is 0 Å². The molecule has 1 aliphatic rings. The summed E-state index contributed by atoms with van der Waals surface area (Å²) in [6.45, 7) is 2.99. The molecular formula is C7H12N2O6S. The zero-order valence-electron chi connectivity index (χ0n) is 8.71. The van der Waals surface area contributed by atoms with E-state index in [1.807, 2.05) is 0 Å². The molecule has 8 nitrogen and oxygen atoms in total. The summed E-state index contributed by atoms with van der Waals surface area (Å²) in [4.78, 5) is 22.1. The Hall–Kier alpha value is -1.19. The first-order chi connectivity index (χ1) is 7.05. The summed E-state index contributed by atoms with van der Waals surface area (Å²) >= 11 is 0. The third kappa shape index (κ3) is 2.31. The number of nitrogens with two attached hydrogens (primary N) is 1. The highest BCUT2D eigenvalue weighted by Crippen LogP contribution is 2.40. The fourth-order valence-corrected chi connectivity index (χ4v) is 2.02. The highest BCUT2D eigenvalue weighted by molar-refractivity contribution is 7.80. The summed E-state index contributed by atoms with van der Waals surface area (Å²) in [6, 6.07) is 0. The molecule has 2 amide bonds. The van der Waals surface area contributed by atoms with E-state index in [2.05, 4.69) is 4.28 Å². The monoisotopic (exact) mass is 252 g/mol. The van der Waals surface area contributed by atoms with E-state index in [1.165, 1.54) is 13.8 Å². The van der Waals surface area contributed by atoms with Gasteiger partial charge in [-0.15, -0.1) is 4.28 Å². The van der Waals surface area contributed by atoms with Crippen LogP contribution in [0.4, 0.5) is 0 Å². The van der Waals surface area contributed by atoms with Crippen molar-refractivity contribution in [2.75, 3.05) is 0 Å². The topological polar surface area (TPSA) is 127 Å². The molecule has 0 saturated carbocycles. The van der Waals surface area contributed by atoms with Gasteiger partial charge in [0.05, 0.1) is 11.5 Å². The van der Waals surface area contributed by atoms with E-state index in [9.17, 15) is 18.0 Å². The average molecular weight is 252 g/mol. The Bertz CT molecular complexity index is 428. The number of rotatable bonds is 4. The fraction of sp³-hybridized carbons (Fsp3) is 0.714. The van der Waals surface area contributed by atoms with Crippen LogP contribution in [-0.2, 0) is 24.3 Å². The number of primary amides is 1. The summed E-state index contributed by atoms with van der Waals surface area (Å²) in [6.07, 6.45) is -0.197. The van der Waals surface area contributed by atoms with Gasteiger partial charge in [-0.2, -0.15) is 13.5 Å². The van der Waals surface area contributed by atoms with Crippen molar-refractivity contribution in [1.29, 1.82) is 0 Å². The summed E-state index contributed by atoms with van der Waals surface area (Å²) in [5.41, 5.74) is 3.93. The molecule has 0 aromatic carbocycles. The van der Waals surface area contributed by atoms with Crippen molar-refractivity contribution in [3.63, 3.8) is 0 Å². The lowest BCUT2D eigenvalue weighted by Crippen LogP contribution is -2.68. The van der Waals surface area contributed by atoms with E-state index in [-0.39, 0.29) is 6.42 Å². The Morgan fingerprint density at radius 1 is 1.62 bits per heavy atom. The van der Waals surface area contributed by atoms with Gasteiger partial charge in [0, 0.05) is 6.42 Å². The SMILES string of the molecule is CC1(C)[C@H](CC(N)=O)C(=O)N1OS(=O)(=O)O. The molecule has 1 heterocycles. The van der Waals surface area contributed by atoms with E-state index in [0.717, 1.165) is 0 Å². The number of amides is 2. The second-order valence-electron chi connectivity index (χ2n) is 4.01. The number of hydrogen-bond donors (Lipinski definition) is 2. The van der Waals surface area contributed by atoms with E-state index in [4.69, 9.17) is 10.3 Å². The molecular weight excluding hydrogens is 240 g/mol. The van der Waals surface area contributed by atoms with Crippen LogP contribution in [0.2, 0.25) is 0 Å². The van der Waals surface area contributed by atoms with Gasteiger partial charge in [0.15, 0.2) is 0 Å². The third-order valence-corrected chi connectivity index (χ3v) is 2.79. The number of hydrogen-bond acceptors (Lipinski definition) is 5. The maximum absolute atomic E-state index is 11.4. The number of β-lactam (4-membered cyclic amide) rings is 1. The average Bonchev–Trinajstić information content (AvgIpc) is 2.08. The van der Waals surface area contributed by atoms with Gasteiger partial charge in [-0.1, -0.05) is 0 Å². The number of hydroxylamine groups is 2. The minimum atomic E-state index is -4.75. The molecule has 0 radical (unpaired) electrons. The molecule has 0 aliphatic carbocycles. The second-order valence-corrected chi connectivity index (χ2v) is 5.02. The van der Waals surface area contributed by atoms with Crippen LogP contribution >= 0.6 is 0 Å². The molecule has 92 valence electrons. The zero-order valence-corrected chi connectivity index (χ0v) is 9.52. The molecule has 1 atom stereocenters. The fourth-order valence-electron chi connectivity index (χ4n) is 1.57. The Labute approximate surface area is 92.3 Å². The lowest BCUT2D eigenvalue weighted by Gasteiger charge is -2.50. The lowest BCUT2D eigenvalue weighted by molar-refractivity contribution is -0.228. The van der Waals surface area contributed by atoms with Crippen molar-refractivity contribution in [3.8, 4) is 0 Å². The number of nitrogens with zero attached hydrogens (tertiary/aromatic N) is 1. The Morgan fingerprint density at radius 2 is 2.12 bits per heavy atom. The molecule has 1 rings (SSSR count). The van der Waals surface area contributed by atoms with Crippen LogP contribution in [0.5, 0.6) is 0 Å². The van der Waals surface area contributed by atoms with E-state index < -0.39 is 33.7 Å². The Balaban J connectivity index is 2.80. The number of carbonyl (C=O) groups is 2. The van der Waals surface area contributed by atoms with Gasteiger partial charge in [-0.3, -0.25) is 14.1 Å². The van der Waals surface area contributed by atoms with Crippen molar-refractivity contribution in [2.24, 2.45) is 11.7 Å². The first kappa shape index (κ1) is 12.9. The Morgan fingerprint density at radius 3 is 2.44 bits per heavy atom. The van der Waals surface area contributed by atoms with Crippen LogP contribution in [0.1, 0.15) is 20.3 Å². The van der Waals surface area contributed by atoms with Gasteiger partial charge in [0.1, 0.15) is 0 Å². The molecule has 16 heavy (non-hydrogen) atoms. The third-order valence-electron chi connectivity index (χ3n) is 2.45. The molecule has 0 aromatic heterocycles. The number of carbonyl (C=O) groups excluding carboxylic acids is 2. The highest BCUT2D eigenvalue weighted by atomic mass is 32.3. The van der Waals surface area contributed by atoms with Crippen LogP contribution in [0, 0.1) is 5.92 Å². The maximum Gasteiger partial charge on any atom is 0.418 e. The van der Waals surface area contributed by atoms with Gasteiger partial charge < -0.3 is 5.73 Å². The van der Waals surface area contributed by atoms with Gasteiger partial charge in [0.2, 0.25) is 5.91 Å². The van der Waals surface area contributed by atoms with Crippen molar-refractivity contribution >= 4 is 22.2 Å². The van der Waals surface area contributed by atoms with E-state index in [1.54, 1.807) is 0 Å². The largest absolute Gasteiger partial charge is 0.418 e. The van der Waals surface area contributed by atoms with Crippen LogP contribution in [0.15, 0.2) is 0 Å². The van der Waals surface area contributed by atoms with Crippen molar-refractivity contribution in [3.05, 3.63) is 0 Å². The normalized spacial score (nSPS) is 24.1. The van der Waals surface area contributed by atoms with Gasteiger partial charge in [-0.05, 0) is 13.8 Å². The molecule has 0 spiro atoms. The van der Waals surface area contributed by atoms with Crippen LogP contribution in [0.25, 0.3) is 0 Å². The summed E-state index contributed by atoms with van der Waals surface area (Å²) in [7, 11) is -4.75. The second kappa shape index (κ2) is 3.68. The first-order valence-corrected chi connectivity index (χ1v) is 5.71. The smallest absolute Gasteiger partial charge is 0.370 e. The molecule has 1 saturated heterocycles. The van der Waals surface area contributed by atoms with Gasteiger partial charge in [-0.25, -0.2) is 0 Å². The summed E-state index contributed by atoms with van der Waals surface area (Å²) in [5.74, 6) is -2.12. The van der Waals surface area contributed by atoms with Crippen LogP contribution in [-0.4, -0.2) is 35.4 Å². The quantitative estimate of drug-likeness (QED) is 0.479. The van der Waals surface area contributed by atoms with Gasteiger partial charge >= 0.3 is 10.4 Å². The van der Waals surface area contributed by atoms with Gasteiger partial charge in [0.25, 0.3) is 5.91 Å². The van der Waals surface area contributed by atoms with E-state index in [0.29, 0.717) is 5.06 Å². The molecule has 1 aliphatic heterocycles. The minimum Gasteiger partial charge on any atom is -0.370 e. The summed E-state index contributed by atoms with van der Waals surface area (Å²) < 4.78 is 33.4. The molecule has 3 N–H and O–H groups in total. The minimum absolute atomic E-state index is 0.197. The molecule has 0 aromatic rings. The Kier molecular flexibility index (Phi) is 2.96. The summed E-state index contributed by atoms with van der Waals surface area (Å²) in [5, 5.41) is 0.510. The highest BCUT2D eigenvalue weighted by Gasteiger charge is 2.57. The van der Waals surface area contributed by atoms with E-state index >= 15 is 0 Å². The van der Waals surface area contributed by atoms with Crippen molar-refractivity contribution in [1.82, 2.24) is 5.06 Å². The molecule has 0 bridgehead atoms. The zero-order chi connectivity index (χ0) is 12.7. The first-order valence-electron chi connectivity index (χ1n) is 4.35. The lowest BCUT2D eigenvalue weighted by atomic mass is 9.76. The predicted molar refractivity (Wildman–Crippen MR) is 50.9 cm³/mol. The van der Waals surface area contributed by atoms with Crippen LogP contribution < -0.4 is 5.73 Å². The molecule has 1 fully saturated rings. The molecule has 0 unspecified atom stereocenters. The van der Waals surface area contributed by atoms with Crippen molar-refractivity contribution < 1.29 is 26.8 Å². The van der Waals surface area contributed by atoms with Crippen molar-refractivity contribution in [2.45, 2.75) is 25.8 Å². The molecule has 9 heteroatoms. The standard InChI is InChI=1S/C7H12N2O6S/c1-7(2)4(3-5(8)10)6(11)9(7)15-16(12,13)14/h4H,3H2,1-2H3,(H2,8,10)(H,12,13,14)/t4-/m1/s1.